The number of aromatic nitrogens is 2. The maximum Gasteiger partial charge on any atom is 0.330 e. The fourth-order valence-electron chi connectivity index (χ4n) is 2.91. The van der Waals surface area contributed by atoms with Gasteiger partial charge in [-0.15, -0.1) is 0 Å². The second kappa shape index (κ2) is 6.83. The fraction of sp³-hybridized carbons (Fsp3) is 0.412. The highest BCUT2D eigenvalue weighted by molar-refractivity contribution is 5.36. The van der Waals surface area contributed by atoms with Crippen LogP contribution in [-0.2, 0) is 4.74 Å². The van der Waals surface area contributed by atoms with E-state index >= 15 is 0 Å². The molecule has 1 aromatic carbocycles. The summed E-state index contributed by atoms with van der Waals surface area (Å²) in [5, 5.41) is 3.17. The van der Waals surface area contributed by atoms with Crippen molar-refractivity contribution in [2.24, 2.45) is 0 Å². The smallest absolute Gasteiger partial charge is 0.330 e. The van der Waals surface area contributed by atoms with E-state index in [2.05, 4.69) is 10.3 Å². The summed E-state index contributed by atoms with van der Waals surface area (Å²) in [6, 6.07) is 11.1. The molecule has 2 unspecified atom stereocenters. The molecule has 1 aromatic heterocycles. The van der Waals surface area contributed by atoms with Crippen LogP contribution in [0.2, 0.25) is 0 Å². The molecule has 1 aliphatic heterocycles. The van der Waals surface area contributed by atoms with Gasteiger partial charge >= 0.3 is 5.69 Å². The molecule has 6 heteroatoms. The average Bonchev–Trinajstić information content (AvgIpc) is 2.56. The van der Waals surface area contributed by atoms with Crippen molar-refractivity contribution in [2.75, 3.05) is 18.5 Å². The number of anilines is 1. The largest absolute Gasteiger partial charge is 0.379 e. The Labute approximate surface area is 134 Å². The number of hydrogen-bond donors (Lipinski definition) is 2. The molecule has 2 atom stereocenters. The molecule has 0 radical (unpaired) electrons. The summed E-state index contributed by atoms with van der Waals surface area (Å²) in [5.74, 6) is 0.435. The Kier molecular flexibility index (Phi) is 4.62. The third kappa shape index (κ3) is 3.53. The van der Waals surface area contributed by atoms with Crippen molar-refractivity contribution in [3.63, 3.8) is 0 Å². The third-order valence-corrected chi connectivity index (χ3v) is 4.14. The Morgan fingerprint density at radius 2 is 2.09 bits per heavy atom. The molecule has 0 bridgehead atoms. The highest BCUT2D eigenvalue weighted by Crippen LogP contribution is 2.18. The second-order valence-electron chi connectivity index (χ2n) is 5.84. The van der Waals surface area contributed by atoms with E-state index in [4.69, 9.17) is 4.74 Å². The molecule has 3 rings (SSSR count). The van der Waals surface area contributed by atoms with Gasteiger partial charge in [0.05, 0.1) is 12.6 Å². The van der Waals surface area contributed by atoms with Crippen LogP contribution in [0.25, 0.3) is 0 Å². The lowest BCUT2D eigenvalue weighted by molar-refractivity contribution is 0.0564. The van der Waals surface area contributed by atoms with E-state index in [9.17, 15) is 9.59 Å². The van der Waals surface area contributed by atoms with Gasteiger partial charge in [0, 0.05) is 18.7 Å². The lowest BCUT2D eigenvalue weighted by atomic mass is 10.1. The summed E-state index contributed by atoms with van der Waals surface area (Å²) in [4.78, 5) is 27.4. The van der Waals surface area contributed by atoms with Crippen LogP contribution >= 0.6 is 0 Å². The van der Waals surface area contributed by atoms with Gasteiger partial charge < -0.3 is 10.1 Å². The van der Waals surface area contributed by atoms with Gasteiger partial charge in [-0.05, 0) is 25.3 Å². The molecule has 2 aromatic rings. The Bertz CT molecular complexity index is 729. The van der Waals surface area contributed by atoms with E-state index in [0.29, 0.717) is 19.0 Å². The third-order valence-electron chi connectivity index (χ3n) is 4.14. The fourth-order valence-corrected chi connectivity index (χ4v) is 2.91. The van der Waals surface area contributed by atoms with E-state index in [0.717, 1.165) is 18.4 Å². The predicted octanol–water partition coefficient (Wildman–Crippen LogP) is 2.06. The Hall–Kier alpha value is -2.34. The summed E-state index contributed by atoms with van der Waals surface area (Å²) >= 11 is 0. The minimum atomic E-state index is -0.393. The molecule has 0 aliphatic carbocycles. The molecule has 0 spiro atoms. The van der Waals surface area contributed by atoms with Crippen molar-refractivity contribution in [1.29, 1.82) is 0 Å². The van der Waals surface area contributed by atoms with Crippen LogP contribution in [0.3, 0.4) is 0 Å². The number of nitrogens with zero attached hydrogens (tertiary/aromatic N) is 1. The van der Waals surface area contributed by atoms with E-state index in [1.807, 2.05) is 37.3 Å². The minimum absolute atomic E-state index is 0.0138. The lowest BCUT2D eigenvalue weighted by Gasteiger charge is -2.23. The van der Waals surface area contributed by atoms with Gasteiger partial charge in [-0.3, -0.25) is 14.3 Å². The van der Waals surface area contributed by atoms with Gasteiger partial charge in [-0.2, -0.15) is 0 Å². The van der Waals surface area contributed by atoms with E-state index in [1.165, 1.54) is 10.6 Å². The molecule has 2 heterocycles. The summed E-state index contributed by atoms with van der Waals surface area (Å²) in [5.41, 5.74) is 0.390. The normalized spacial score (nSPS) is 19.3. The topological polar surface area (TPSA) is 76.1 Å². The van der Waals surface area contributed by atoms with Gasteiger partial charge in [0.1, 0.15) is 5.82 Å². The number of ether oxygens (including phenoxy) is 1. The van der Waals surface area contributed by atoms with Crippen molar-refractivity contribution in [1.82, 2.24) is 9.55 Å². The maximum atomic E-state index is 12.3. The SMILES string of the molecule is CC(Nc1cc(=O)n(C2CCCOC2)c(=O)[nH]1)c1ccccc1. The van der Waals surface area contributed by atoms with Crippen molar-refractivity contribution < 1.29 is 4.74 Å². The first-order chi connectivity index (χ1) is 11.1. The highest BCUT2D eigenvalue weighted by Gasteiger charge is 2.19. The molecule has 23 heavy (non-hydrogen) atoms. The zero-order chi connectivity index (χ0) is 16.2. The number of aromatic amines is 1. The van der Waals surface area contributed by atoms with Crippen LogP contribution in [-0.4, -0.2) is 22.8 Å². The standard InChI is InChI=1S/C17H21N3O3/c1-12(13-6-3-2-4-7-13)18-15-10-16(21)20(17(22)19-15)14-8-5-9-23-11-14/h2-4,6-7,10,12,14,18H,5,8-9,11H2,1H3,(H,19,22). The van der Waals surface area contributed by atoms with Crippen molar-refractivity contribution in [3.05, 3.63) is 62.8 Å². The molecule has 0 amide bonds. The zero-order valence-electron chi connectivity index (χ0n) is 13.1. The quantitative estimate of drug-likeness (QED) is 0.905. The summed E-state index contributed by atoms with van der Waals surface area (Å²) in [7, 11) is 0. The molecule has 1 aliphatic rings. The molecule has 1 fully saturated rings. The first kappa shape index (κ1) is 15.6. The van der Waals surface area contributed by atoms with Gasteiger partial charge in [0.2, 0.25) is 0 Å². The molecule has 2 N–H and O–H groups in total. The van der Waals surface area contributed by atoms with Gasteiger partial charge in [0.25, 0.3) is 5.56 Å². The second-order valence-corrected chi connectivity index (χ2v) is 5.84. The number of hydrogen-bond acceptors (Lipinski definition) is 4. The van der Waals surface area contributed by atoms with Crippen LogP contribution < -0.4 is 16.6 Å². The van der Waals surface area contributed by atoms with Crippen LogP contribution in [0.15, 0.2) is 46.0 Å². The summed E-state index contributed by atoms with van der Waals surface area (Å²) < 4.78 is 6.63. The Balaban J connectivity index is 1.82. The van der Waals surface area contributed by atoms with Crippen LogP contribution in [0.5, 0.6) is 0 Å². The average molecular weight is 315 g/mol. The lowest BCUT2D eigenvalue weighted by Crippen LogP contribution is -2.41. The van der Waals surface area contributed by atoms with E-state index in [1.54, 1.807) is 0 Å². The van der Waals surface area contributed by atoms with Gasteiger partial charge in [-0.25, -0.2) is 4.79 Å². The van der Waals surface area contributed by atoms with Gasteiger partial charge in [0.15, 0.2) is 0 Å². The highest BCUT2D eigenvalue weighted by atomic mass is 16.5. The van der Waals surface area contributed by atoms with E-state index in [-0.39, 0.29) is 17.6 Å². The van der Waals surface area contributed by atoms with Crippen LogP contribution in [0.4, 0.5) is 5.82 Å². The maximum absolute atomic E-state index is 12.3. The first-order valence-electron chi connectivity index (χ1n) is 7.90. The first-order valence-corrected chi connectivity index (χ1v) is 7.90. The minimum Gasteiger partial charge on any atom is -0.379 e. The predicted molar refractivity (Wildman–Crippen MR) is 88.9 cm³/mol. The molecule has 122 valence electrons. The van der Waals surface area contributed by atoms with Crippen LogP contribution in [0.1, 0.15) is 37.4 Å². The Morgan fingerprint density at radius 3 is 2.74 bits per heavy atom. The molecule has 6 nitrogen and oxygen atoms in total. The summed E-state index contributed by atoms with van der Waals surface area (Å²) in [6.07, 6.45) is 1.65. The molecular weight excluding hydrogens is 294 g/mol. The number of rotatable bonds is 4. The van der Waals surface area contributed by atoms with Gasteiger partial charge in [-0.1, -0.05) is 30.3 Å². The van der Waals surface area contributed by atoms with E-state index < -0.39 is 5.69 Å². The van der Waals surface area contributed by atoms with Crippen molar-refractivity contribution in [3.8, 4) is 0 Å². The zero-order valence-corrected chi connectivity index (χ0v) is 13.1. The molecular formula is C17H21N3O3. The summed E-state index contributed by atoms with van der Waals surface area (Å²) in [6.45, 7) is 3.09. The number of H-pyrrole nitrogens is 1. The monoisotopic (exact) mass is 315 g/mol. The van der Waals surface area contributed by atoms with Crippen LogP contribution in [0, 0.1) is 0 Å². The molecule has 1 saturated heterocycles. The molecule has 0 saturated carbocycles. The number of benzene rings is 1. The number of nitrogens with one attached hydrogen (secondary N) is 2. The van der Waals surface area contributed by atoms with Crippen molar-refractivity contribution in [2.45, 2.75) is 31.8 Å². The Morgan fingerprint density at radius 1 is 1.30 bits per heavy atom. The van der Waals surface area contributed by atoms with Crippen molar-refractivity contribution >= 4 is 5.82 Å².